The van der Waals surface area contributed by atoms with Crippen molar-refractivity contribution in [2.24, 2.45) is 0 Å². The molecule has 0 atom stereocenters. The van der Waals surface area contributed by atoms with Gasteiger partial charge in [-0.05, 0) is 50.2 Å². The Kier molecular flexibility index (Phi) is 5.70. The molecule has 0 bridgehead atoms. The standard InChI is InChI=1S/C24H27N5OS/c1-18-20-17-21(31-23-10-5-9-22(26-18)29(20)23)24(30)25-11-6-12-27-13-15-28(16-14-27)19-7-3-2-4-8-19/h2-5,7-10,17H,6,11-16H2,1H3,(H,25,30). The van der Waals surface area contributed by atoms with E-state index in [1.165, 1.54) is 17.4 Å². The van der Waals surface area contributed by atoms with Gasteiger partial charge in [-0.3, -0.25) is 14.1 Å². The lowest BCUT2D eigenvalue weighted by atomic mass is 10.2. The predicted molar refractivity (Wildman–Crippen MR) is 126 cm³/mol. The quantitative estimate of drug-likeness (QED) is 0.604. The van der Waals surface area contributed by atoms with E-state index in [2.05, 4.69) is 54.8 Å². The molecule has 0 spiro atoms. The lowest BCUT2D eigenvalue weighted by molar-refractivity contribution is -0.116. The van der Waals surface area contributed by atoms with Crippen LogP contribution in [0.25, 0.3) is 11.7 Å². The first kappa shape index (κ1) is 20.2. The molecule has 160 valence electrons. The molecule has 6 nitrogen and oxygen atoms in total. The van der Waals surface area contributed by atoms with Crippen LogP contribution in [-0.2, 0) is 4.79 Å². The normalized spacial score (nSPS) is 16.4. The molecule has 0 saturated carbocycles. The van der Waals surface area contributed by atoms with Gasteiger partial charge in [0.1, 0.15) is 5.65 Å². The van der Waals surface area contributed by atoms with E-state index in [0.29, 0.717) is 6.54 Å². The lowest BCUT2D eigenvalue weighted by Gasteiger charge is -2.36. The Hall–Kier alpha value is -2.77. The Morgan fingerprint density at radius 1 is 1.06 bits per heavy atom. The number of nitrogens with one attached hydrogen (secondary N) is 1. The highest BCUT2D eigenvalue weighted by Crippen LogP contribution is 2.35. The number of amides is 1. The second-order valence-corrected chi connectivity index (χ2v) is 9.09. The molecule has 1 amide bonds. The van der Waals surface area contributed by atoms with Crippen LogP contribution in [0, 0.1) is 6.92 Å². The molecule has 1 fully saturated rings. The summed E-state index contributed by atoms with van der Waals surface area (Å²) in [6, 6.07) is 16.6. The van der Waals surface area contributed by atoms with Crippen molar-refractivity contribution in [3.05, 3.63) is 64.8 Å². The molecule has 5 rings (SSSR count). The number of benzene rings is 1. The van der Waals surface area contributed by atoms with Crippen molar-refractivity contribution in [1.82, 2.24) is 19.6 Å². The molecule has 0 radical (unpaired) electrons. The van der Waals surface area contributed by atoms with Crippen LogP contribution < -0.4 is 10.2 Å². The highest BCUT2D eigenvalue weighted by Gasteiger charge is 2.22. The van der Waals surface area contributed by atoms with Gasteiger partial charge >= 0.3 is 0 Å². The molecule has 2 aliphatic heterocycles. The Labute approximate surface area is 186 Å². The minimum Gasteiger partial charge on any atom is -0.369 e. The van der Waals surface area contributed by atoms with Gasteiger partial charge in [0.25, 0.3) is 5.91 Å². The number of pyridine rings is 1. The van der Waals surface area contributed by atoms with Crippen molar-refractivity contribution in [1.29, 1.82) is 0 Å². The zero-order valence-corrected chi connectivity index (χ0v) is 18.6. The van der Waals surface area contributed by atoms with Crippen LogP contribution in [-0.4, -0.2) is 59.5 Å². The average molecular weight is 434 g/mol. The fourth-order valence-corrected chi connectivity index (χ4v) is 5.28. The molecule has 2 aromatic heterocycles. The molecule has 1 aromatic carbocycles. The lowest BCUT2D eigenvalue weighted by Crippen LogP contribution is -2.47. The van der Waals surface area contributed by atoms with Crippen LogP contribution >= 0.6 is 11.8 Å². The Bertz CT molecular complexity index is 1120. The number of thioether (sulfide) groups is 1. The number of rotatable bonds is 6. The predicted octanol–water partition coefficient (Wildman–Crippen LogP) is 3.42. The molecule has 0 unspecified atom stereocenters. The zero-order chi connectivity index (χ0) is 21.2. The maximum atomic E-state index is 12.8. The van der Waals surface area contributed by atoms with E-state index in [4.69, 9.17) is 0 Å². The van der Waals surface area contributed by atoms with E-state index in [1.54, 1.807) is 0 Å². The summed E-state index contributed by atoms with van der Waals surface area (Å²) in [5.41, 5.74) is 4.19. The van der Waals surface area contributed by atoms with Crippen molar-refractivity contribution < 1.29 is 4.79 Å². The van der Waals surface area contributed by atoms with E-state index in [-0.39, 0.29) is 5.91 Å². The van der Waals surface area contributed by atoms with Crippen molar-refractivity contribution in [2.45, 2.75) is 18.4 Å². The van der Waals surface area contributed by atoms with E-state index in [9.17, 15) is 4.79 Å². The summed E-state index contributed by atoms with van der Waals surface area (Å²) < 4.78 is 2.12. The second kappa shape index (κ2) is 8.77. The smallest absolute Gasteiger partial charge is 0.258 e. The molecule has 3 aromatic rings. The van der Waals surface area contributed by atoms with Gasteiger partial charge < -0.3 is 10.2 Å². The molecule has 0 aliphatic carbocycles. The largest absolute Gasteiger partial charge is 0.369 e. The van der Waals surface area contributed by atoms with Gasteiger partial charge in [0.05, 0.1) is 21.3 Å². The molecule has 31 heavy (non-hydrogen) atoms. The third kappa shape index (κ3) is 4.20. The molecule has 2 aliphatic rings. The number of nitrogens with zero attached hydrogens (tertiary/aromatic N) is 4. The Morgan fingerprint density at radius 3 is 2.68 bits per heavy atom. The summed E-state index contributed by atoms with van der Waals surface area (Å²) >= 11 is 1.51. The average Bonchev–Trinajstić information content (AvgIpc) is 3.14. The molecule has 1 saturated heterocycles. The van der Waals surface area contributed by atoms with E-state index in [0.717, 1.165) is 66.1 Å². The summed E-state index contributed by atoms with van der Waals surface area (Å²) in [7, 11) is 0. The summed E-state index contributed by atoms with van der Waals surface area (Å²) in [6.07, 6.45) is 2.92. The number of hydrogen-bond donors (Lipinski definition) is 1. The van der Waals surface area contributed by atoms with Gasteiger partial charge in [-0.15, -0.1) is 0 Å². The number of imidazole rings is 1. The van der Waals surface area contributed by atoms with Crippen LogP contribution in [0.1, 0.15) is 17.8 Å². The topological polar surface area (TPSA) is 52.9 Å². The van der Waals surface area contributed by atoms with Gasteiger partial charge in [0.2, 0.25) is 0 Å². The number of para-hydroxylation sites is 1. The Morgan fingerprint density at radius 2 is 1.87 bits per heavy atom. The van der Waals surface area contributed by atoms with Gasteiger partial charge in [0.15, 0.2) is 0 Å². The zero-order valence-electron chi connectivity index (χ0n) is 17.8. The van der Waals surface area contributed by atoms with Crippen LogP contribution in [0.4, 0.5) is 5.69 Å². The number of piperazine rings is 1. The molecular weight excluding hydrogens is 406 g/mol. The number of aromatic nitrogens is 2. The van der Waals surface area contributed by atoms with E-state index in [1.807, 2.05) is 31.2 Å². The van der Waals surface area contributed by atoms with Crippen LogP contribution in [0.2, 0.25) is 0 Å². The third-order valence-corrected chi connectivity index (χ3v) is 7.01. The van der Waals surface area contributed by atoms with Crippen molar-refractivity contribution >= 4 is 35.1 Å². The number of carbonyl (C=O) groups is 1. The van der Waals surface area contributed by atoms with Gasteiger partial charge in [0, 0.05) is 38.4 Å². The number of hydrogen-bond acceptors (Lipinski definition) is 5. The van der Waals surface area contributed by atoms with E-state index < -0.39 is 0 Å². The van der Waals surface area contributed by atoms with Crippen LogP contribution in [0.5, 0.6) is 0 Å². The van der Waals surface area contributed by atoms with Crippen molar-refractivity contribution in [3.63, 3.8) is 0 Å². The summed E-state index contributed by atoms with van der Waals surface area (Å²) in [5, 5.41) is 4.15. The van der Waals surface area contributed by atoms with Crippen LogP contribution in [0.15, 0.2) is 58.5 Å². The summed E-state index contributed by atoms with van der Waals surface area (Å²) in [4.78, 5) is 23.0. The first-order valence-electron chi connectivity index (χ1n) is 10.9. The SMILES string of the molecule is Cc1nc2cccc3n2c1C=C(C(=O)NCCCN1CCN(c2ccccc2)CC1)S3. The minimum atomic E-state index is 0.00255. The monoisotopic (exact) mass is 433 g/mol. The first-order chi connectivity index (χ1) is 15.2. The maximum Gasteiger partial charge on any atom is 0.258 e. The highest BCUT2D eigenvalue weighted by molar-refractivity contribution is 8.04. The third-order valence-electron chi connectivity index (χ3n) is 5.96. The summed E-state index contributed by atoms with van der Waals surface area (Å²) in [6.45, 7) is 7.94. The van der Waals surface area contributed by atoms with Gasteiger partial charge in [-0.1, -0.05) is 36.0 Å². The first-order valence-corrected chi connectivity index (χ1v) is 11.7. The maximum absolute atomic E-state index is 12.8. The highest BCUT2D eigenvalue weighted by atomic mass is 32.2. The fourth-order valence-electron chi connectivity index (χ4n) is 4.29. The number of aryl methyl sites for hydroxylation is 1. The van der Waals surface area contributed by atoms with Gasteiger partial charge in [-0.25, -0.2) is 4.98 Å². The fraction of sp³-hybridized carbons (Fsp3) is 0.333. The number of carbonyl (C=O) groups excluding carboxylic acids is 1. The molecule has 7 heteroatoms. The molecule has 1 N–H and O–H groups in total. The second-order valence-electron chi connectivity index (χ2n) is 8.02. The van der Waals surface area contributed by atoms with Crippen molar-refractivity contribution in [2.75, 3.05) is 44.2 Å². The van der Waals surface area contributed by atoms with Crippen LogP contribution in [0.3, 0.4) is 0 Å². The molecule has 4 heterocycles. The Balaban J connectivity index is 1.09. The number of anilines is 1. The van der Waals surface area contributed by atoms with E-state index >= 15 is 0 Å². The van der Waals surface area contributed by atoms with Gasteiger partial charge in [-0.2, -0.15) is 0 Å². The summed E-state index contributed by atoms with van der Waals surface area (Å²) in [5.74, 6) is 0.00255. The minimum absolute atomic E-state index is 0.00255. The molecular formula is C24H27N5OS. The van der Waals surface area contributed by atoms with Crippen molar-refractivity contribution in [3.8, 4) is 0 Å².